The third-order valence-corrected chi connectivity index (χ3v) is 2.80. The van der Waals surface area contributed by atoms with E-state index in [2.05, 4.69) is 0 Å². The van der Waals surface area contributed by atoms with Gasteiger partial charge in [-0.05, 0) is 31.0 Å². The van der Waals surface area contributed by atoms with Gasteiger partial charge < -0.3 is 9.84 Å². The molecule has 0 spiro atoms. The molecule has 18 heavy (non-hydrogen) atoms. The summed E-state index contributed by atoms with van der Waals surface area (Å²) in [5.41, 5.74) is 0.716. The first-order valence-electron chi connectivity index (χ1n) is 6.32. The van der Waals surface area contributed by atoms with E-state index in [0.717, 1.165) is 5.56 Å². The van der Waals surface area contributed by atoms with Crippen LogP contribution in [0.1, 0.15) is 39.7 Å². The number of hydrogen-bond donors (Lipinski definition) is 1. The summed E-state index contributed by atoms with van der Waals surface area (Å²) in [7, 11) is 0. The second-order valence-electron chi connectivity index (χ2n) is 5.41. The van der Waals surface area contributed by atoms with E-state index in [1.54, 1.807) is 12.1 Å². The average molecular weight is 250 g/mol. The van der Waals surface area contributed by atoms with E-state index in [1.807, 2.05) is 33.8 Å². The second kappa shape index (κ2) is 5.89. The molecule has 0 aliphatic heterocycles. The Morgan fingerprint density at radius 1 is 1.33 bits per heavy atom. The molecule has 1 rings (SSSR count). The predicted molar refractivity (Wildman–Crippen MR) is 72.1 cm³/mol. The van der Waals surface area contributed by atoms with Crippen LogP contribution < -0.4 is 4.74 Å². The molecule has 0 fully saturated rings. The highest BCUT2D eigenvalue weighted by Gasteiger charge is 2.20. The zero-order valence-corrected chi connectivity index (χ0v) is 11.6. The number of phenols is 1. The van der Waals surface area contributed by atoms with Crippen molar-refractivity contribution in [3.63, 3.8) is 0 Å². The third kappa shape index (κ3) is 4.06. The minimum atomic E-state index is -0.292. The first kappa shape index (κ1) is 14.6. The second-order valence-corrected chi connectivity index (χ2v) is 5.41. The van der Waals surface area contributed by atoms with Crippen molar-refractivity contribution >= 4 is 5.78 Å². The molecule has 100 valence electrons. The first-order chi connectivity index (χ1) is 8.34. The average Bonchev–Trinajstić information content (AvgIpc) is 2.28. The van der Waals surface area contributed by atoms with Gasteiger partial charge in [0.1, 0.15) is 5.78 Å². The predicted octanol–water partition coefficient (Wildman–Crippen LogP) is 3.34. The van der Waals surface area contributed by atoms with Gasteiger partial charge in [-0.2, -0.15) is 0 Å². The maximum absolute atomic E-state index is 11.8. The Bertz CT molecular complexity index is 416. The van der Waals surface area contributed by atoms with E-state index in [9.17, 15) is 9.90 Å². The van der Waals surface area contributed by atoms with E-state index >= 15 is 0 Å². The monoisotopic (exact) mass is 250 g/mol. The minimum Gasteiger partial charge on any atom is -0.504 e. The summed E-state index contributed by atoms with van der Waals surface area (Å²) in [4.78, 5) is 11.8. The summed E-state index contributed by atoms with van der Waals surface area (Å²) in [5, 5.41) is 9.58. The number of aryl methyl sites for hydroxylation is 1. The van der Waals surface area contributed by atoms with Gasteiger partial charge in [0.25, 0.3) is 0 Å². The van der Waals surface area contributed by atoms with Gasteiger partial charge in [0.05, 0.1) is 6.61 Å². The quantitative estimate of drug-likeness (QED) is 0.871. The van der Waals surface area contributed by atoms with Crippen LogP contribution in [0, 0.1) is 5.41 Å². The van der Waals surface area contributed by atoms with Gasteiger partial charge in [-0.15, -0.1) is 0 Å². The largest absolute Gasteiger partial charge is 0.504 e. The molecule has 3 heteroatoms. The lowest BCUT2D eigenvalue weighted by molar-refractivity contribution is -0.126. The van der Waals surface area contributed by atoms with Crippen molar-refractivity contribution in [3.05, 3.63) is 23.8 Å². The van der Waals surface area contributed by atoms with Crippen LogP contribution in [0.25, 0.3) is 0 Å². The molecule has 0 saturated carbocycles. The molecule has 1 N–H and O–H groups in total. The van der Waals surface area contributed by atoms with E-state index in [1.165, 1.54) is 0 Å². The fourth-order valence-corrected chi connectivity index (χ4v) is 1.62. The molecular weight excluding hydrogens is 228 g/mol. The van der Waals surface area contributed by atoms with Crippen molar-refractivity contribution in [1.82, 2.24) is 0 Å². The fourth-order valence-electron chi connectivity index (χ4n) is 1.62. The fraction of sp³-hybridized carbons (Fsp3) is 0.533. The Labute approximate surface area is 109 Å². The molecule has 0 unspecified atom stereocenters. The molecule has 0 aliphatic rings. The zero-order chi connectivity index (χ0) is 13.8. The SMILES string of the molecule is CCOc1cc(CCC(=O)C(C)(C)C)ccc1O. The maximum Gasteiger partial charge on any atom is 0.161 e. The molecule has 3 nitrogen and oxygen atoms in total. The van der Waals surface area contributed by atoms with E-state index < -0.39 is 0 Å². The van der Waals surface area contributed by atoms with E-state index in [-0.39, 0.29) is 16.9 Å². The number of carbonyl (C=O) groups is 1. The number of rotatable bonds is 5. The molecule has 0 aromatic heterocycles. The number of ketones is 1. The summed E-state index contributed by atoms with van der Waals surface area (Å²) in [5.74, 6) is 0.870. The van der Waals surface area contributed by atoms with Crippen LogP contribution in [0.5, 0.6) is 11.5 Å². The van der Waals surface area contributed by atoms with E-state index in [4.69, 9.17) is 4.74 Å². The van der Waals surface area contributed by atoms with Crippen LogP contribution in [0.4, 0.5) is 0 Å². The highest BCUT2D eigenvalue weighted by Crippen LogP contribution is 2.28. The summed E-state index contributed by atoms with van der Waals surface area (Å²) in [6.45, 7) is 8.17. The number of aromatic hydroxyl groups is 1. The zero-order valence-electron chi connectivity index (χ0n) is 11.6. The highest BCUT2D eigenvalue weighted by atomic mass is 16.5. The van der Waals surface area contributed by atoms with Crippen molar-refractivity contribution in [2.45, 2.75) is 40.5 Å². The third-order valence-electron chi connectivity index (χ3n) is 2.80. The lowest BCUT2D eigenvalue weighted by Gasteiger charge is -2.16. The molecule has 0 saturated heterocycles. The Morgan fingerprint density at radius 2 is 2.00 bits per heavy atom. The number of Topliss-reactive ketones (excluding diaryl/α,β-unsaturated/α-hetero) is 1. The summed E-state index contributed by atoms with van der Waals surface area (Å²) in [6, 6.07) is 5.24. The van der Waals surface area contributed by atoms with Gasteiger partial charge in [0.15, 0.2) is 11.5 Å². The molecule has 1 aromatic carbocycles. The normalized spacial score (nSPS) is 11.3. The Balaban J connectivity index is 2.68. The lowest BCUT2D eigenvalue weighted by Crippen LogP contribution is -2.20. The molecule has 0 radical (unpaired) electrons. The number of phenolic OH excluding ortho intramolecular Hbond substituents is 1. The first-order valence-corrected chi connectivity index (χ1v) is 6.32. The van der Waals surface area contributed by atoms with Crippen molar-refractivity contribution in [3.8, 4) is 11.5 Å². The summed E-state index contributed by atoms with van der Waals surface area (Å²) < 4.78 is 5.32. The van der Waals surface area contributed by atoms with Gasteiger partial charge in [-0.3, -0.25) is 4.79 Å². The van der Waals surface area contributed by atoms with Gasteiger partial charge in [-0.25, -0.2) is 0 Å². The van der Waals surface area contributed by atoms with Crippen molar-refractivity contribution in [1.29, 1.82) is 0 Å². The maximum atomic E-state index is 11.8. The molecular formula is C15H22O3. The smallest absolute Gasteiger partial charge is 0.161 e. The topological polar surface area (TPSA) is 46.5 Å². The van der Waals surface area contributed by atoms with Crippen LogP contribution >= 0.6 is 0 Å². The van der Waals surface area contributed by atoms with Gasteiger partial charge >= 0.3 is 0 Å². The Hall–Kier alpha value is -1.51. The number of ether oxygens (including phenoxy) is 1. The summed E-state index contributed by atoms with van der Waals surface area (Å²) in [6.07, 6.45) is 1.19. The molecule has 0 aliphatic carbocycles. The lowest BCUT2D eigenvalue weighted by atomic mass is 9.87. The van der Waals surface area contributed by atoms with Gasteiger partial charge in [-0.1, -0.05) is 26.8 Å². The molecule has 0 heterocycles. The molecule has 0 atom stereocenters. The molecule has 0 amide bonds. The molecule has 1 aromatic rings. The van der Waals surface area contributed by atoms with Crippen molar-refractivity contribution in [2.24, 2.45) is 5.41 Å². The minimum absolute atomic E-state index is 0.141. The van der Waals surface area contributed by atoms with Crippen LogP contribution in [0.15, 0.2) is 18.2 Å². The Morgan fingerprint density at radius 3 is 2.56 bits per heavy atom. The molecule has 0 bridgehead atoms. The van der Waals surface area contributed by atoms with Gasteiger partial charge in [0, 0.05) is 11.8 Å². The van der Waals surface area contributed by atoms with Gasteiger partial charge in [0.2, 0.25) is 0 Å². The van der Waals surface area contributed by atoms with Crippen LogP contribution in [-0.2, 0) is 11.2 Å². The standard InChI is InChI=1S/C15H22O3/c1-5-18-13-10-11(6-8-12(13)16)7-9-14(17)15(2,3)4/h6,8,10,16H,5,7,9H2,1-4H3. The summed E-state index contributed by atoms with van der Waals surface area (Å²) >= 11 is 0. The van der Waals surface area contributed by atoms with Crippen LogP contribution in [-0.4, -0.2) is 17.5 Å². The number of hydrogen-bond acceptors (Lipinski definition) is 3. The number of benzene rings is 1. The van der Waals surface area contributed by atoms with E-state index in [0.29, 0.717) is 25.2 Å². The Kier molecular flexibility index (Phi) is 4.76. The highest BCUT2D eigenvalue weighted by molar-refractivity contribution is 5.83. The number of carbonyl (C=O) groups excluding carboxylic acids is 1. The van der Waals surface area contributed by atoms with Crippen LogP contribution in [0.2, 0.25) is 0 Å². The van der Waals surface area contributed by atoms with Crippen molar-refractivity contribution < 1.29 is 14.6 Å². The van der Waals surface area contributed by atoms with Crippen molar-refractivity contribution in [2.75, 3.05) is 6.61 Å². The van der Waals surface area contributed by atoms with Crippen LogP contribution in [0.3, 0.4) is 0 Å².